The van der Waals surface area contributed by atoms with E-state index in [9.17, 15) is 13.2 Å². The fraction of sp³-hybridized carbons (Fsp3) is 0.316. The molecule has 28 heavy (non-hydrogen) atoms. The van der Waals surface area contributed by atoms with E-state index in [1.165, 1.54) is 21.1 Å². The highest BCUT2D eigenvalue weighted by Gasteiger charge is 2.21. The maximum atomic E-state index is 12.2. The topological polar surface area (TPSA) is 79.0 Å². The first-order chi connectivity index (χ1) is 13.1. The highest BCUT2D eigenvalue weighted by atomic mass is 35.5. The van der Waals surface area contributed by atoms with Gasteiger partial charge in [0.25, 0.3) is 5.91 Å². The smallest absolute Gasteiger partial charge is 0.303 e. The number of carbonyl (C=O) groups excluding carboxylic acids is 1. The lowest BCUT2D eigenvalue weighted by Gasteiger charge is -2.23. The number of anilines is 1. The van der Waals surface area contributed by atoms with Crippen molar-refractivity contribution in [3.8, 4) is 5.75 Å². The van der Waals surface area contributed by atoms with Gasteiger partial charge in [0, 0.05) is 31.7 Å². The van der Waals surface area contributed by atoms with E-state index in [4.69, 9.17) is 16.3 Å². The molecule has 152 valence electrons. The second-order valence-electron chi connectivity index (χ2n) is 6.32. The van der Waals surface area contributed by atoms with Crippen LogP contribution in [0.3, 0.4) is 0 Å². The van der Waals surface area contributed by atoms with Crippen LogP contribution in [-0.4, -0.2) is 52.9 Å². The second kappa shape index (κ2) is 9.27. The van der Waals surface area contributed by atoms with Crippen LogP contribution < -0.4 is 14.4 Å². The summed E-state index contributed by atoms with van der Waals surface area (Å²) in [4.78, 5) is 12.2. The summed E-state index contributed by atoms with van der Waals surface area (Å²) in [5, 5.41) is 3.38. The average Bonchev–Trinajstić information content (AvgIpc) is 2.67. The van der Waals surface area contributed by atoms with Crippen LogP contribution in [0.2, 0.25) is 5.02 Å². The van der Waals surface area contributed by atoms with Gasteiger partial charge in [-0.1, -0.05) is 17.7 Å². The van der Waals surface area contributed by atoms with E-state index in [2.05, 4.69) is 5.32 Å². The van der Waals surface area contributed by atoms with Crippen molar-refractivity contribution in [1.29, 1.82) is 0 Å². The van der Waals surface area contributed by atoms with Gasteiger partial charge in [0.2, 0.25) is 0 Å². The number of nitrogens with one attached hydrogen (secondary N) is 1. The Balaban J connectivity index is 1.88. The molecule has 0 fully saturated rings. The fourth-order valence-corrected chi connectivity index (χ4v) is 3.35. The standard InChI is InChI=1S/C19H24ClN3O4S/c1-14-5-10-17(13-18(14)20)27-12-11-21-19(24)15-6-8-16(9-7-15)23(4)28(25,26)22(2)3/h5-10,13H,11-12H2,1-4H3,(H,21,24). The molecule has 1 N–H and O–H groups in total. The first kappa shape index (κ1) is 22.0. The van der Waals surface area contributed by atoms with Gasteiger partial charge in [0.15, 0.2) is 0 Å². The van der Waals surface area contributed by atoms with Crippen LogP contribution in [0, 0.1) is 6.92 Å². The number of rotatable bonds is 8. The first-order valence-electron chi connectivity index (χ1n) is 8.56. The minimum absolute atomic E-state index is 0.268. The van der Waals surface area contributed by atoms with Gasteiger partial charge in [-0.05, 0) is 48.9 Å². The number of hydrogen-bond acceptors (Lipinski definition) is 4. The largest absolute Gasteiger partial charge is 0.492 e. The van der Waals surface area contributed by atoms with Gasteiger partial charge in [0.05, 0.1) is 12.2 Å². The lowest BCUT2D eigenvalue weighted by molar-refractivity contribution is 0.0947. The van der Waals surface area contributed by atoms with Gasteiger partial charge in [-0.25, -0.2) is 0 Å². The van der Waals surface area contributed by atoms with E-state index in [1.54, 1.807) is 30.3 Å². The molecular formula is C19H24ClN3O4S. The van der Waals surface area contributed by atoms with E-state index >= 15 is 0 Å². The molecular weight excluding hydrogens is 402 g/mol. The van der Waals surface area contributed by atoms with Gasteiger partial charge in [-0.3, -0.25) is 9.10 Å². The molecule has 0 aromatic heterocycles. The third kappa shape index (κ3) is 5.37. The quantitative estimate of drug-likeness (QED) is 0.659. The SMILES string of the molecule is Cc1ccc(OCCNC(=O)c2ccc(N(C)S(=O)(=O)N(C)C)cc2)cc1Cl. The number of aryl methyl sites for hydroxylation is 1. The molecule has 0 radical (unpaired) electrons. The Morgan fingerprint density at radius 1 is 1.11 bits per heavy atom. The molecule has 0 aliphatic carbocycles. The molecule has 2 rings (SSSR count). The van der Waals surface area contributed by atoms with Gasteiger partial charge in [-0.2, -0.15) is 12.7 Å². The second-order valence-corrected chi connectivity index (χ2v) is 8.90. The van der Waals surface area contributed by atoms with Gasteiger partial charge in [-0.15, -0.1) is 0 Å². The Morgan fingerprint density at radius 2 is 1.75 bits per heavy atom. The molecule has 2 aromatic carbocycles. The van der Waals surface area contributed by atoms with E-state index in [1.807, 2.05) is 19.1 Å². The first-order valence-corrected chi connectivity index (χ1v) is 10.3. The summed E-state index contributed by atoms with van der Waals surface area (Å²) in [7, 11) is 0.802. The summed E-state index contributed by atoms with van der Waals surface area (Å²) in [6.45, 7) is 2.53. The Kier molecular flexibility index (Phi) is 7.29. The van der Waals surface area contributed by atoms with Crippen molar-refractivity contribution < 1.29 is 17.9 Å². The lowest BCUT2D eigenvalue weighted by Crippen LogP contribution is -2.37. The summed E-state index contributed by atoms with van der Waals surface area (Å²) < 4.78 is 32.1. The highest BCUT2D eigenvalue weighted by Crippen LogP contribution is 2.21. The molecule has 0 saturated heterocycles. The molecule has 0 bridgehead atoms. The Hall–Kier alpha value is -2.29. The van der Waals surface area contributed by atoms with Crippen LogP contribution in [0.4, 0.5) is 5.69 Å². The molecule has 0 atom stereocenters. The van der Waals surface area contributed by atoms with Crippen LogP contribution in [-0.2, 0) is 10.2 Å². The summed E-state index contributed by atoms with van der Waals surface area (Å²) in [6.07, 6.45) is 0. The van der Waals surface area contributed by atoms with E-state index in [0.717, 1.165) is 14.2 Å². The summed E-state index contributed by atoms with van der Waals surface area (Å²) in [5.74, 6) is 0.370. The van der Waals surface area contributed by atoms with E-state index in [0.29, 0.717) is 35.2 Å². The maximum absolute atomic E-state index is 12.2. The van der Waals surface area contributed by atoms with Gasteiger partial charge >= 0.3 is 10.2 Å². The predicted molar refractivity (Wildman–Crippen MR) is 111 cm³/mol. The van der Waals surface area contributed by atoms with E-state index < -0.39 is 10.2 Å². The molecule has 0 aliphatic rings. The van der Waals surface area contributed by atoms with Crippen molar-refractivity contribution in [3.05, 3.63) is 58.6 Å². The zero-order valence-corrected chi connectivity index (χ0v) is 17.8. The Bertz CT molecular complexity index is 931. The van der Waals surface area contributed by atoms with Crippen LogP contribution in [0.15, 0.2) is 42.5 Å². The van der Waals surface area contributed by atoms with Crippen LogP contribution in [0.1, 0.15) is 15.9 Å². The maximum Gasteiger partial charge on any atom is 0.303 e. The van der Waals surface area contributed by atoms with Crippen molar-refractivity contribution in [2.24, 2.45) is 0 Å². The zero-order chi connectivity index (χ0) is 20.9. The molecule has 0 saturated carbocycles. The number of benzene rings is 2. The highest BCUT2D eigenvalue weighted by molar-refractivity contribution is 7.90. The van der Waals surface area contributed by atoms with Crippen molar-refractivity contribution in [2.75, 3.05) is 38.6 Å². The summed E-state index contributed by atoms with van der Waals surface area (Å²) >= 11 is 6.04. The van der Waals surface area contributed by atoms with Crippen molar-refractivity contribution >= 4 is 33.4 Å². The van der Waals surface area contributed by atoms with Crippen molar-refractivity contribution in [3.63, 3.8) is 0 Å². The molecule has 0 heterocycles. The Morgan fingerprint density at radius 3 is 2.32 bits per heavy atom. The van der Waals surface area contributed by atoms with Crippen LogP contribution in [0.25, 0.3) is 0 Å². The van der Waals surface area contributed by atoms with E-state index in [-0.39, 0.29) is 5.91 Å². The molecule has 0 spiro atoms. The average molecular weight is 426 g/mol. The van der Waals surface area contributed by atoms with Crippen LogP contribution >= 0.6 is 11.6 Å². The monoisotopic (exact) mass is 425 g/mol. The molecule has 2 aromatic rings. The van der Waals surface area contributed by atoms with Gasteiger partial charge < -0.3 is 10.1 Å². The van der Waals surface area contributed by atoms with Crippen molar-refractivity contribution in [2.45, 2.75) is 6.92 Å². The minimum atomic E-state index is -3.57. The molecule has 0 aliphatic heterocycles. The third-order valence-corrected chi connectivity index (χ3v) is 6.33. The normalized spacial score (nSPS) is 11.4. The zero-order valence-electron chi connectivity index (χ0n) is 16.3. The number of halogens is 1. The summed E-state index contributed by atoms with van der Waals surface area (Å²) in [5.41, 5.74) is 1.86. The number of ether oxygens (including phenoxy) is 1. The molecule has 9 heteroatoms. The number of amides is 1. The number of nitrogens with zero attached hydrogens (tertiary/aromatic N) is 2. The fourth-order valence-electron chi connectivity index (χ4n) is 2.30. The summed E-state index contributed by atoms with van der Waals surface area (Å²) in [6, 6.07) is 11.7. The Labute approximate surface area is 171 Å². The minimum Gasteiger partial charge on any atom is -0.492 e. The molecule has 0 unspecified atom stereocenters. The lowest BCUT2D eigenvalue weighted by atomic mass is 10.2. The van der Waals surface area contributed by atoms with Crippen LogP contribution in [0.5, 0.6) is 5.75 Å². The van der Waals surface area contributed by atoms with Gasteiger partial charge in [0.1, 0.15) is 12.4 Å². The number of carbonyl (C=O) groups is 1. The number of hydrogen-bond donors (Lipinski definition) is 1. The van der Waals surface area contributed by atoms with Crippen molar-refractivity contribution in [1.82, 2.24) is 9.62 Å². The molecule has 7 nitrogen and oxygen atoms in total. The molecule has 1 amide bonds. The predicted octanol–water partition coefficient (Wildman–Crippen LogP) is 2.70. The third-order valence-electron chi connectivity index (χ3n) is 4.10.